The highest BCUT2D eigenvalue weighted by molar-refractivity contribution is 9.11. The number of carbonyl (C=O) groups is 1. The van der Waals surface area contributed by atoms with Gasteiger partial charge in [0.15, 0.2) is 0 Å². The van der Waals surface area contributed by atoms with E-state index in [1.54, 1.807) is 6.08 Å². The van der Waals surface area contributed by atoms with Crippen LogP contribution in [0.15, 0.2) is 75.2 Å². The molecule has 0 spiro atoms. The molecule has 0 radical (unpaired) electrons. The minimum atomic E-state index is -0.453. The fourth-order valence-corrected chi connectivity index (χ4v) is 4.44. The quantitative estimate of drug-likeness (QED) is 0.272. The first-order chi connectivity index (χ1) is 14.9. The molecule has 31 heavy (non-hydrogen) atoms. The van der Waals surface area contributed by atoms with Crippen molar-refractivity contribution in [2.45, 2.75) is 20.5 Å². The highest BCUT2D eigenvalue weighted by atomic mass is 79.9. The molecule has 0 bridgehead atoms. The third-order valence-electron chi connectivity index (χ3n) is 4.55. The van der Waals surface area contributed by atoms with Crippen LogP contribution in [0.4, 0.5) is 5.69 Å². The molecule has 156 valence electrons. The van der Waals surface area contributed by atoms with E-state index in [2.05, 4.69) is 37.2 Å². The van der Waals surface area contributed by atoms with Crippen LogP contribution in [0.2, 0.25) is 0 Å². The third kappa shape index (κ3) is 6.06. The van der Waals surface area contributed by atoms with Crippen molar-refractivity contribution < 1.29 is 9.53 Å². The molecule has 0 aliphatic heterocycles. The Morgan fingerprint density at radius 3 is 2.35 bits per heavy atom. The second-order valence-corrected chi connectivity index (χ2v) is 8.74. The lowest BCUT2D eigenvalue weighted by Crippen LogP contribution is -2.14. The minimum Gasteiger partial charge on any atom is -0.487 e. The maximum Gasteiger partial charge on any atom is 0.266 e. The molecule has 0 fully saturated rings. The largest absolute Gasteiger partial charge is 0.487 e. The smallest absolute Gasteiger partial charge is 0.266 e. The van der Waals surface area contributed by atoms with Crippen molar-refractivity contribution in [2.24, 2.45) is 0 Å². The van der Waals surface area contributed by atoms with E-state index in [1.165, 1.54) is 0 Å². The van der Waals surface area contributed by atoms with Gasteiger partial charge in [0.1, 0.15) is 24.0 Å². The lowest BCUT2D eigenvalue weighted by molar-refractivity contribution is -0.112. The van der Waals surface area contributed by atoms with Crippen LogP contribution in [0.5, 0.6) is 5.75 Å². The van der Waals surface area contributed by atoms with Crippen LogP contribution < -0.4 is 10.1 Å². The van der Waals surface area contributed by atoms with Gasteiger partial charge in [0, 0.05) is 5.69 Å². The van der Waals surface area contributed by atoms with Gasteiger partial charge in [-0.05, 0) is 86.7 Å². The third-order valence-corrected chi connectivity index (χ3v) is 5.73. The van der Waals surface area contributed by atoms with E-state index in [1.807, 2.05) is 80.6 Å². The number of amides is 1. The van der Waals surface area contributed by atoms with E-state index in [0.717, 1.165) is 25.6 Å². The highest BCUT2D eigenvalue weighted by Crippen LogP contribution is 2.36. The van der Waals surface area contributed by atoms with E-state index in [0.29, 0.717) is 23.6 Å². The summed E-state index contributed by atoms with van der Waals surface area (Å²) in [4.78, 5) is 12.6. The molecule has 0 aliphatic rings. The Morgan fingerprint density at radius 1 is 1.06 bits per heavy atom. The number of nitriles is 1. The number of nitrogens with one attached hydrogen (secondary N) is 1. The number of aryl methyl sites for hydroxylation is 2. The Morgan fingerprint density at radius 2 is 1.74 bits per heavy atom. The summed E-state index contributed by atoms with van der Waals surface area (Å²) in [6.45, 7) is 4.33. The monoisotopic (exact) mass is 538 g/mol. The second-order valence-electron chi connectivity index (χ2n) is 7.03. The van der Waals surface area contributed by atoms with Crippen molar-refractivity contribution in [3.63, 3.8) is 0 Å². The van der Waals surface area contributed by atoms with Crippen LogP contribution in [0.1, 0.15) is 22.3 Å². The van der Waals surface area contributed by atoms with Crippen molar-refractivity contribution in [2.75, 3.05) is 5.32 Å². The molecule has 0 unspecified atom stereocenters. The highest BCUT2D eigenvalue weighted by Gasteiger charge is 2.13. The summed E-state index contributed by atoms with van der Waals surface area (Å²) in [6.07, 6.45) is 1.55. The number of rotatable bonds is 6. The van der Waals surface area contributed by atoms with Gasteiger partial charge in [-0.1, -0.05) is 48.0 Å². The van der Waals surface area contributed by atoms with Crippen molar-refractivity contribution >= 4 is 49.5 Å². The minimum absolute atomic E-state index is 0.0109. The Bertz CT molecular complexity index is 1160. The maximum atomic E-state index is 12.6. The summed E-state index contributed by atoms with van der Waals surface area (Å²) in [7, 11) is 0. The number of anilines is 1. The molecule has 0 saturated heterocycles. The average molecular weight is 540 g/mol. The van der Waals surface area contributed by atoms with Gasteiger partial charge < -0.3 is 10.1 Å². The van der Waals surface area contributed by atoms with E-state index in [4.69, 9.17) is 4.74 Å². The Hall–Kier alpha value is -2.88. The zero-order valence-electron chi connectivity index (χ0n) is 17.1. The van der Waals surface area contributed by atoms with Gasteiger partial charge in [-0.25, -0.2) is 0 Å². The van der Waals surface area contributed by atoms with Gasteiger partial charge in [0.2, 0.25) is 0 Å². The van der Waals surface area contributed by atoms with E-state index >= 15 is 0 Å². The number of benzene rings is 3. The SMILES string of the molecule is Cc1ccc(NC(=O)/C(C#N)=C/c2cc(Br)c(OCc3ccccc3)c(Br)c2)c(C)c1. The molecule has 6 heteroatoms. The van der Waals surface area contributed by atoms with Crippen molar-refractivity contribution in [3.05, 3.63) is 97.4 Å². The Kier molecular flexibility index (Phi) is 7.67. The summed E-state index contributed by atoms with van der Waals surface area (Å²) in [5.41, 5.74) is 4.49. The summed E-state index contributed by atoms with van der Waals surface area (Å²) in [5.74, 6) is 0.199. The van der Waals surface area contributed by atoms with Crippen LogP contribution in [-0.2, 0) is 11.4 Å². The summed E-state index contributed by atoms with van der Waals surface area (Å²) in [6, 6.07) is 21.2. The van der Waals surface area contributed by atoms with Crippen molar-refractivity contribution in [3.8, 4) is 11.8 Å². The maximum absolute atomic E-state index is 12.6. The van der Waals surface area contributed by atoms with Crippen molar-refractivity contribution in [1.82, 2.24) is 0 Å². The van der Waals surface area contributed by atoms with Crippen LogP contribution in [0.3, 0.4) is 0 Å². The molecule has 3 aromatic carbocycles. The summed E-state index contributed by atoms with van der Waals surface area (Å²) in [5, 5.41) is 12.3. The van der Waals surface area contributed by atoms with Gasteiger partial charge >= 0.3 is 0 Å². The van der Waals surface area contributed by atoms with E-state index < -0.39 is 5.91 Å². The number of nitrogens with zero attached hydrogens (tertiary/aromatic N) is 1. The number of hydrogen-bond acceptors (Lipinski definition) is 3. The number of halogens is 2. The molecule has 0 saturated carbocycles. The molecule has 4 nitrogen and oxygen atoms in total. The van der Waals surface area contributed by atoms with Gasteiger partial charge in [0.05, 0.1) is 8.95 Å². The first-order valence-electron chi connectivity index (χ1n) is 9.53. The number of hydrogen-bond donors (Lipinski definition) is 1. The lowest BCUT2D eigenvalue weighted by atomic mass is 10.1. The topological polar surface area (TPSA) is 62.1 Å². The normalized spacial score (nSPS) is 11.0. The molecular formula is C25H20Br2N2O2. The molecule has 1 N–H and O–H groups in total. The van der Waals surface area contributed by atoms with Gasteiger partial charge in [-0.3, -0.25) is 4.79 Å². The van der Waals surface area contributed by atoms with Crippen LogP contribution >= 0.6 is 31.9 Å². The van der Waals surface area contributed by atoms with Gasteiger partial charge in [0.25, 0.3) is 5.91 Å². The average Bonchev–Trinajstić information content (AvgIpc) is 2.74. The fraction of sp³-hybridized carbons (Fsp3) is 0.120. The number of carbonyl (C=O) groups excluding carboxylic acids is 1. The molecule has 1 amide bonds. The van der Waals surface area contributed by atoms with Crippen LogP contribution in [0.25, 0.3) is 6.08 Å². The standard InChI is InChI=1S/C25H20Br2N2O2/c1-16-8-9-23(17(2)10-16)29-25(30)20(14-28)11-19-12-21(26)24(22(27)13-19)31-15-18-6-4-3-5-7-18/h3-13H,15H2,1-2H3,(H,29,30)/b20-11+. The zero-order valence-corrected chi connectivity index (χ0v) is 20.2. The van der Waals surface area contributed by atoms with Gasteiger partial charge in [-0.15, -0.1) is 0 Å². The molecule has 3 rings (SSSR count). The second kappa shape index (κ2) is 10.4. The molecule has 3 aromatic rings. The van der Waals surface area contributed by atoms with Crippen LogP contribution in [0, 0.1) is 25.2 Å². The first kappa shape index (κ1) is 22.8. The molecule has 0 heterocycles. The Balaban J connectivity index is 1.79. The molecule has 0 aliphatic carbocycles. The van der Waals surface area contributed by atoms with Gasteiger partial charge in [-0.2, -0.15) is 5.26 Å². The van der Waals surface area contributed by atoms with E-state index in [9.17, 15) is 10.1 Å². The van der Waals surface area contributed by atoms with Crippen molar-refractivity contribution in [1.29, 1.82) is 5.26 Å². The predicted octanol–water partition coefficient (Wildman–Crippen LogP) is 6.95. The van der Waals surface area contributed by atoms with Crippen LogP contribution in [-0.4, -0.2) is 5.91 Å². The number of ether oxygens (including phenoxy) is 1. The predicted molar refractivity (Wildman–Crippen MR) is 131 cm³/mol. The first-order valence-corrected chi connectivity index (χ1v) is 11.1. The summed E-state index contributed by atoms with van der Waals surface area (Å²) >= 11 is 7.05. The lowest BCUT2D eigenvalue weighted by Gasteiger charge is -2.12. The fourth-order valence-electron chi connectivity index (χ4n) is 2.99. The zero-order chi connectivity index (χ0) is 22.4. The molecular weight excluding hydrogens is 520 g/mol. The summed E-state index contributed by atoms with van der Waals surface area (Å²) < 4.78 is 7.37. The Labute approximate surface area is 198 Å². The van der Waals surface area contributed by atoms with E-state index in [-0.39, 0.29) is 5.57 Å². The molecule has 0 aromatic heterocycles. The molecule has 0 atom stereocenters.